The fourth-order valence-electron chi connectivity index (χ4n) is 1.32. The maximum Gasteiger partial charge on any atom is 0.234 e. The Bertz CT molecular complexity index is 284. The first-order valence-corrected chi connectivity index (χ1v) is 5.27. The summed E-state index contributed by atoms with van der Waals surface area (Å²) in [5.74, 6) is 0.808. The zero-order chi connectivity index (χ0) is 11.1. The maximum atomic E-state index is 11.5. The summed E-state index contributed by atoms with van der Waals surface area (Å²) in [6, 6.07) is -0.0221. The molecule has 0 aromatic carbocycles. The van der Waals surface area contributed by atoms with Crippen molar-refractivity contribution in [2.75, 3.05) is 13.1 Å². The van der Waals surface area contributed by atoms with Crippen LogP contribution < -0.4 is 10.6 Å². The van der Waals surface area contributed by atoms with Crippen molar-refractivity contribution < 1.29 is 4.79 Å². The van der Waals surface area contributed by atoms with Gasteiger partial charge < -0.3 is 15.6 Å². The second-order valence-corrected chi connectivity index (χ2v) is 3.28. The van der Waals surface area contributed by atoms with E-state index in [0.29, 0.717) is 6.54 Å². The van der Waals surface area contributed by atoms with Crippen LogP contribution in [0.5, 0.6) is 0 Å². The van der Waals surface area contributed by atoms with E-state index in [1.165, 1.54) is 0 Å². The van der Waals surface area contributed by atoms with Crippen molar-refractivity contribution in [3.63, 3.8) is 0 Å². The van der Waals surface area contributed by atoms with Crippen LogP contribution in [0, 0.1) is 0 Å². The van der Waals surface area contributed by atoms with Gasteiger partial charge in [-0.1, -0.05) is 13.8 Å². The minimum Gasteiger partial charge on any atom is -0.347 e. The molecule has 84 valence electrons. The molecule has 1 rings (SSSR count). The van der Waals surface area contributed by atoms with E-state index in [4.69, 9.17) is 0 Å². The highest BCUT2D eigenvalue weighted by molar-refractivity contribution is 5.78. The molecule has 1 aromatic rings. The number of aromatic nitrogens is 2. The SMILES string of the molecule is CCNCC(=O)NC(CC)c1ncc[nH]1. The second kappa shape index (κ2) is 6.19. The van der Waals surface area contributed by atoms with E-state index in [2.05, 4.69) is 20.6 Å². The van der Waals surface area contributed by atoms with Gasteiger partial charge in [0.2, 0.25) is 5.91 Å². The average Bonchev–Trinajstić information content (AvgIpc) is 2.76. The molecular formula is C10H18N4O. The molecule has 1 aromatic heterocycles. The number of aromatic amines is 1. The highest BCUT2D eigenvalue weighted by Gasteiger charge is 2.13. The van der Waals surface area contributed by atoms with Crippen LogP contribution in [0.4, 0.5) is 0 Å². The molecule has 1 amide bonds. The Balaban J connectivity index is 2.44. The molecule has 0 aliphatic carbocycles. The molecule has 0 aliphatic heterocycles. The van der Waals surface area contributed by atoms with Crippen molar-refractivity contribution in [2.24, 2.45) is 0 Å². The van der Waals surface area contributed by atoms with Crippen LogP contribution >= 0.6 is 0 Å². The van der Waals surface area contributed by atoms with Gasteiger partial charge in [0.1, 0.15) is 5.82 Å². The van der Waals surface area contributed by atoms with Gasteiger partial charge in [0, 0.05) is 12.4 Å². The zero-order valence-corrected chi connectivity index (χ0v) is 9.21. The molecule has 0 saturated heterocycles. The van der Waals surface area contributed by atoms with Gasteiger partial charge >= 0.3 is 0 Å². The number of rotatable bonds is 6. The Hall–Kier alpha value is -1.36. The smallest absolute Gasteiger partial charge is 0.234 e. The molecule has 1 heterocycles. The monoisotopic (exact) mass is 210 g/mol. The van der Waals surface area contributed by atoms with Crippen LogP contribution in [0.15, 0.2) is 12.4 Å². The summed E-state index contributed by atoms with van der Waals surface area (Å²) in [6.07, 6.45) is 4.27. The van der Waals surface area contributed by atoms with E-state index in [1.807, 2.05) is 13.8 Å². The van der Waals surface area contributed by atoms with Crippen LogP contribution in [0.3, 0.4) is 0 Å². The van der Waals surface area contributed by atoms with Crippen molar-refractivity contribution >= 4 is 5.91 Å². The number of hydrogen-bond acceptors (Lipinski definition) is 3. The predicted molar refractivity (Wildman–Crippen MR) is 58.3 cm³/mol. The van der Waals surface area contributed by atoms with E-state index in [-0.39, 0.29) is 11.9 Å². The maximum absolute atomic E-state index is 11.5. The van der Waals surface area contributed by atoms with Gasteiger partial charge in [-0.2, -0.15) is 0 Å². The second-order valence-electron chi connectivity index (χ2n) is 3.28. The third-order valence-corrected chi connectivity index (χ3v) is 2.13. The van der Waals surface area contributed by atoms with Gasteiger partial charge in [0.05, 0.1) is 12.6 Å². The quantitative estimate of drug-likeness (QED) is 0.643. The van der Waals surface area contributed by atoms with Crippen molar-refractivity contribution in [1.82, 2.24) is 20.6 Å². The molecular weight excluding hydrogens is 192 g/mol. The van der Waals surface area contributed by atoms with Gasteiger partial charge in [-0.05, 0) is 13.0 Å². The molecule has 0 saturated carbocycles. The van der Waals surface area contributed by atoms with E-state index in [1.54, 1.807) is 12.4 Å². The Morgan fingerprint density at radius 3 is 2.93 bits per heavy atom. The van der Waals surface area contributed by atoms with Crippen LogP contribution in [0.1, 0.15) is 32.1 Å². The standard InChI is InChI=1S/C10H18N4O/c1-3-8(10-12-5-6-13-10)14-9(15)7-11-4-2/h5-6,8,11H,3-4,7H2,1-2H3,(H,12,13)(H,14,15). The first kappa shape index (κ1) is 11.7. The lowest BCUT2D eigenvalue weighted by Gasteiger charge is -2.14. The molecule has 0 spiro atoms. The third kappa shape index (κ3) is 3.71. The summed E-state index contributed by atoms with van der Waals surface area (Å²) in [7, 11) is 0. The molecule has 15 heavy (non-hydrogen) atoms. The molecule has 0 aliphatic rings. The molecule has 3 N–H and O–H groups in total. The first-order chi connectivity index (χ1) is 7.27. The van der Waals surface area contributed by atoms with Gasteiger partial charge in [-0.25, -0.2) is 4.98 Å². The number of likely N-dealkylation sites (N-methyl/N-ethyl adjacent to an activating group) is 1. The van der Waals surface area contributed by atoms with Gasteiger partial charge in [-0.3, -0.25) is 4.79 Å². The van der Waals surface area contributed by atoms with Crippen LogP contribution in [-0.2, 0) is 4.79 Å². The van der Waals surface area contributed by atoms with E-state index < -0.39 is 0 Å². The minimum atomic E-state index is -0.0221. The number of H-pyrrole nitrogens is 1. The molecule has 0 radical (unpaired) electrons. The third-order valence-electron chi connectivity index (χ3n) is 2.13. The molecule has 5 heteroatoms. The van der Waals surface area contributed by atoms with Crippen molar-refractivity contribution in [3.05, 3.63) is 18.2 Å². The first-order valence-electron chi connectivity index (χ1n) is 5.27. The Kier molecular flexibility index (Phi) is 4.83. The lowest BCUT2D eigenvalue weighted by molar-refractivity contribution is -0.121. The molecule has 0 bridgehead atoms. The summed E-state index contributed by atoms with van der Waals surface area (Å²) in [5.41, 5.74) is 0. The summed E-state index contributed by atoms with van der Waals surface area (Å²) < 4.78 is 0. The largest absolute Gasteiger partial charge is 0.347 e. The van der Waals surface area contributed by atoms with E-state index in [0.717, 1.165) is 18.8 Å². The highest BCUT2D eigenvalue weighted by Crippen LogP contribution is 2.10. The number of nitrogens with one attached hydrogen (secondary N) is 3. The van der Waals surface area contributed by atoms with E-state index in [9.17, 15) is 4.79 Å². The fraction of sp³-hybridized carbons (Fsp3) is 0.600. The summed E-state index contributed by atoms with van der Waals surface area (Å²) in [4.78, 5) is 18.6. The van der Waals surface area contributed by atoms with Crippen molar-refractivity contribution in [2.45, 2.75) is 26.3 Å². The van der Waals surface area contributed by atoms with Crippen LogP contribution in [0.2, 0.25) is 0 Å². The predicted octanol–water partition coefficient (Wildman–Crippen LogP) is 0.586. The normalized spacial score (nSPS) is 12.4. The number of amides is 1. The number of nitrogens with zero attached hydrogens (tertiary/aromatic N) is 1. The Labute approximate surface area is 89.7 Å². The molecule has 1 unspecified atom stereocenters. The lowest BCUT2D eigenvalue weighted by Crippen LogP contribution is -2.36. The number of imidazole rings is 1. The Morgan fingerprint density at radius 1 is 1.60 bits per heavy atom. The van der Waals surface area contributed by atoms with Gasteiger partial charge in [0.15, 0.2) is 0 Å². The van der Waals surface area contributed by atoms with E-state index >= 15 is 0 Å². The summed E-state index contributed by atoms with van der Waals surface area (Å²) in [6.45, 7) is 5.14. The number of carbonyl (C=O) groups is 1. The summed E-state index contributed by atoms with van der Waals surface area (Å²) >= 11 is 0. The topological polar surface area (TPSA) is 69.8 Å². The molecule has 0 fully saturated rings. The fourth-order valence-corrected chi connectivity index (χ4v) is 1.32. The van der Waals surface area contributed by atoms with Crippen LogP contribution in [-0.4, -0.2) is 29.0 Å². The number of carbonyl (C=O) groups excluding carboxylic acids is 1. The van der Waals surface area contributed by atoms with Gasteiger partial charge in [0.25, 0.3) is 0 Å². The Morgan fingerprint density at radius 2 is 2.40 bits per heavy atom. The average molecular weight is 210 g/mol. The minimum absolute atomic E-state index is 0.0000926. The number of hydrogen-bond donors (Lipinski definition) is 3. The molecule has 1 atom stereocenters. The van der Waals surface area contributed by atoms with Crippen molar-refractivity contribution in [1.29, 1.82) is 0 Å². The van der Waals surface area contributed by atoms with Crippen molar-refractivity contribution in [3.8, 4) is 0 Å². The lowest BCUT2D eigenvalue weighted by atomic mass is 10.2. The molecule has 5 nitrogen and oxygen atoms in total. The van der Waals surface area contributed by atoms with Gasteiger partial charge in [-0.15, -0.1) is 0 Å². The zero-order valence-electron chi connectivity index (χ0n) is 9.21. The summed E-state index contributed by atoms with van der Waals surface area (Å²) in [5, 5.41) is 5.89. The highest BCUT2D eigenvalue weighted by atomic mass is 16.2. The van der Waals surface area contributed by atoms with Crippen LogP contribution in [0.25, 0.3) is 0 Å².